The first kappa shape index (κ1) is 37.4. The molecule has 8 nitrogen and oxygen atoms in total. The number of hydrogen-bond acceptors (Lipinski definition) is 7. The molecule has 1 aliphatic rings. The monoisotopic (exact) mass is 677 g/mol. The van der Waals surface area contributed by atoms with Crippen molar-refractivity contribution in [3.8, 4) is 11.5 Å². The van der Waals surface area contributed by atoms with Crippen LogP contribution in [0.4, 0.5) is 4.79 Å². The quantitative estimate of drug-likeness (QED) is 0.0804. The molecule has 0 saturated carbocycles. The summed E-state index contributed by atoms with van der Waals surface area (Å²) in [6, 6.07) is 27.5. The van der Waals surface area contributed by atoms with Gasteiger partial charge in [0, 0.05) is 33.6 Å². The van der Waals surface area contributed by atoms with E-state index in [1.165, 1.54) is 5.56 Å². The second-order valence-corrected chi connectivity index (χ2v) is 20.2. The van der Waals surface area contributed by atoms with Gasteiger partial charge >= 0.3 is 6.09 Å². The predicted octanol–water partition coefficient (Wildman–Crippen LogP) is 8.67. The van der Waals surface area contributed by atoms with E-state index in [-0.39, 0.29) is 24.9 Å². The summed E-state index contributed by atoms with van der Waals surface area (Å²) >= 11 is 0. The van der Waals surface area contributed by atoms with Gasteiger partial charge in [0.2, 0.25) is 0 Å². The molecule has 0 bridgehead atoms. The first-order valence-electron chi connectivity index (χ1n) is 17.2. The van der Waals surface area contributed by atoms with Crippen LogP contribution in [0, 0.1) is 0 Å². The molecule has 1 amide bonds. The van der Waals surface area contributed by atoms with Crippen LogP contribution in [-0.4, -0.2) is 70.5 Å². The van der Waals surface area contributed by atoms with Crippen LogP contribution in [0.3, 0.4) is 0 Å². The maximum absolute atomic E-state index is 13.0. The summed E-state index contributed by atoms with van der Waals surface area (Å²) in [7, 11) is -1.14. The highest BCUT2D eigenvalue weighted by Gasteiger charge is 2.35. The Bertz CT molecular complexity index is 1370. The Labute approximate surface area is 288 Å². The van der Waals surface area contributed by atoms with E-state index in [1.54, 1.807) is 4.90 Å². The Morgan fingerprint density at radius 2 is 1.56 bits per heavy atom. The minimum atomic E-state index is -1.14. The van der Waals surface area contributed by atoms with Crippen molar-refractivity contribution in [2.45, 2.75) is 90.1 Å². The molecule has 0 radical (unpaired) electrons. The number of amides is 1. The zero-order chi connectivity index (χ0) is 34.4. The van der Waals surface area contributed by atoms with Crippen molar-refractivity contribution in [2.75, 3.05) is 39.7 Å². The van der Waals surface area contributed by atoms with Gasteiger partial charge in [-0.3, -0.25) is 0 Å². The second-order valence-electron chi connectivity index (χ2n) is 14.6. The fourth-order valence-electron chi connectivity index (χ4n) is 5.36. The lowest BCUT2D eigenvalue weighted by Gasteiger charge is -2.39. The highest BCUT2D eigenvalue weighted by atomic mass is 28.3. The number of hydrogen-bond donors (Lipinski definition) is 0. The minimum Gasteiger partial charge on any atom is -0.494 e. The van der Waals surface area contributed by atoms with Gasteiger partial charge in [0.1, 0.15) is 17.1 Å². The van der Waals surface area contributed by atoms with Crippen LogP contribution in [0.25, 0.3) is 0 Å². The summed E-state index contributed by atoms with van der Waals surface area (Å²) in [6.07, 6.45) is 1.05. The SMILES string of the molecule is CC(C)(C)OC(=O)N1CCC(c2ccc(OCCCOCc3ccccc3)cc2)C(OCc2cccc(OCOCC[Si](C)(C)C)c2)C1. The van der Waals surface area contributed by atoms with E-state index in [4.69, 9.17) is 28.4 Å². The van der Waals surface area contributed by atoms with Crippen LogP contribution in [0.5, 0.6) is 11.5 Å². The molecule has 9 heteroatoms. The maximum Gasteiger partial charge on any atom is 0.410 e. The average Bonchev–Trinajstić information content (AvgIpc) is 3.05. The van der Waals surface area contributed by atoms with Crippen LogP contribution in [0.1, 0.15) is 56.2 Å². The van der Waals surface area contributed by atoms with Gasteiger partial charge in [-0.25, -0.2) is 4.79 Å². The zero-order valence-electron chi connectivity index (χ0n) is 29.7. The highest BCUT2D eigenvalue weighted by molar-refractivity contribution is 6.76. The summed E-state index contributed by atoms with van der Waals surface area (Å²) < 4.78 is 35.6. The van der Waals surface area contributed by atoms with Crippen molar-refractivity contribution in [3.63, 3.8) is 0 Å². The van der Waals surface area contributed by atoms with Crippen LogP contribution >= 0.6 is 0 Å². The Morgan fingerprint density at radius 1 is 0.812 bits per heavy atom. The van der Waals surface area contributed by atoms with Crippen LogP contribution in [-0.2, 0) is 32.2 Å². The largest absolute Gasteiger partial charge is 0.494 e. The summed E-state index contributed by atoms with van der Waals surface area (Å²) in [6.45, 7) is 16.9. The lowest BCUT2D eigenvalue weighted by atomic mass is 9.87. The zero-order valence-corrected chi connectivity index (χ0v) is 30.7. The van der Waals surface area contributed by atoms with Gasteiger partial charge in [0.15, 0.2) is 6.79 Å². The Balaban J connectivity index is 1.31. The number of nitrogens with zero attached hydrogens (tertiary/aromatic N) is 1. The number of carbonyl (C=O) groups excluding carboxylic acids is 1. The van der Waals surface area contributed by atoms with E-state index in [0.717, 1.165) is 41.5 Å². The second kappa shape index (κ2) is 18.4. The first-order valence-corrected chi connectivity index (χ1v) is 20.9. The maximum atomic E-state index is 13.0. The summed E-state index contributed by atoms with van der Waals surface area (Å²) in [5.41, 5.74) is 2.77. The Morgan fingerprint density at radius 3 is 2.29 bits per heavy atom. The fourth-order valence-corrected chi connectivity index (χ4v) is 6.12. The van der Waals surface area contributed by atoms with E-state index in [1.807, 2.05) is 75.4 Å². The van der Waals surface area contributed by atoms with Crippen LogP contribution in [0.2, 0.25) is 25.7 Å². The highest BCUT2D eigenvalue weighted by Crippen LogP contribution is 2.33. The van der Waals surface area contributed by atoms with Crippen molar-refractivity contribution in [3.05, 3.63) is 95.6 Å². The number of likely N-dealkylation sites (tertiary alicyclic amines) is 1. The third-order valence-corrected chi connectivity index (χ3v) is 9.70. The third kappa shape index (κ3) is 13.6. The average molecular weight is 678 g/mol. The lowest BCUT2D eigenvalue weighted by Crippen LogP contribution is -2.48. The van der Waals surface area contributed by atoms with E-state index in [9.17, 15) is 4.79 Å². The summed E-state index contributed by atoms with van der Waals surface area (Å²) in [4.78, 5) is 14.8. The van der Waals surface area contributed by atoms with E-state index in [2.05, 4.69) is 43.9 Å². The Kier molecular flexibility index (Phi) is 14.4. The normalized spacial score (nSPS) is 16.8. The molecule has 0 spiro atoms. The topological polar surface area (TPSA) is 75.7 Å². The molecule has 3 aromatic rings. The van der Waals surface area contributed by atoms with Gasteiger partial charge in [-0.2, -0.15) is 0 Å². The standard InChI is InChI=1S/C39H55NO7Si/c1-39(2,3)47-38(41)40-21-20-36(33-16-18-34(19-17-33)44-23-11-22-42-28-31-12-8-7-9-13-31)37(27-40)45-29-32-14-10-15-35(26-32)46-30-43-24-25-48(4,5)6/h7-10,12-19,26,36-37H,11,20-25,27-30H2,1-6H3. The van der Waals surface area contributed by atoms with Crippen molar-refractivity contribution in [2.24, 2.45) is 0 Å². The van der Waals surface area contributed by atoms with Crippen molar-refractivity contribution in [1.29, 1.82) is 0 Å². The molecule has 0 N–H and O–H groups in total. The fraction of sp³-hybridized carbons (Fsp3) is 0.513. The minimum absolute atomic E-state index is 0.114. The van der Waals surface area contributed by atoms with Crippen molar-refractivity contribution in [1.82, 2.24) is 4.90 Å². The number of carbonyl (C=O) groups is 1. The first-order chi connectivity index (χ1) is 22.9. The molecule has 262 valence electrons. The molecule has 2 unspecified atom stereocenters. The Hall–Kier alpha value is -3.37. The molecular formula is C39H55NO7Si. The lowest BCUT2D eigenvalue weighted by molar-refractivity contribution is -0.0360. The van der Waals surface area contributed by atoms with Crippen molar-refractivity contribution >= 4 is 14.2 Å². The number of benzene rings is 3. The number of ether oxygens (including phenoxy) is 6. The smallest absolute Gasteiger partial charge is 0.410 e. The third-order valence-electron chi connectivity index (χ3n) is 8.00. The summed E-state index contributed by atoms with van der Waals surface area (Å²) in [5, 5.41) is 0. The molecule has 0 aliphatic carbocycles. The number of rotatable bonds is 17. The number of piperidine rings is 1. The molecule has 1 saturated heterocycles. The van der Waals surface area contributed by atoms with Gasteiger partial charge < -0.3 is 33.3 Å². The molecular weight excluding hydrogens is 623 g/mol. The van der Waals surface area contributed by atoms with Crippen molar-refractivity contribution < 1.29 is 33.2 Å². The van der Waals surface area contributed by atoms with Gasteiger partial charge in [0.05, 0.1) is 39.1 Å². The predicted molar refractivity (Wildman–Crippen MR) is 192 cm³/mol. The molecule has 0 aromatic heterocycles. The van der Waals surface area contributed by atoms with E-state index in [0.29, 0.717) is 46.1 Å². The van der Waals surface area contributed by atoms with Gasteiger partial charge in [-0.15, -0.1) is 0 Å². The van der Waals surface area contributed by atoms with Crippen LogP contribution < -0.4 is 9.47 Å². The molecule has 2 atom stereocenters. The molecule has 1 fully saturated rings. The molecule has 48 heavy (non-hydrogen) atoms. The van der Waals surface area contributed by atoms with Gasteiger partial charge in [-0.05, 0) is 74.2 Å². The van der Waals surface area contributed by atoms with E-state index < -0.39 is 13.7 Å². The van der Waals surface area contributed by atoms with Gasteiger partial charge in [0.25, 0.3) is 0 Å². The molecule has 3 aromatic carbocycles. The molecule has 1 aliphatic heterocycles. The molecule has 1 heterocycles. The molecule has 4 rings (SSSR count). The summed E-state index contributed by atoms with van der Waals surface area (Å²) in [5.74, 6) is 1.69. The van der Waals surface area contributed by atoms with Crippen LogP contribution in [0.15, 0.2) is 78.9 Å². The van der Waals surface area contributed by atoms with Gasteiger partial charge in [-0.1, -0.05) is 74.2 Å². The van der Waals surface area contributed by atoms with E-state index >= 15 is 0 Å².